The highest BCUT2D eigenvalue weighted by Crippen LogP contribution is 2.28. The van der Waals surface area contributed by atoms with E-state index in [1.807, 2.05) is 0 Å². The summed E-state index contributed by atoms with van der Waals surface area (Å²) >= 11 is 6.17. The summed E-state index contributed by atoms with van der Waals surface area (Å²) in [5, 5.41) is 3.33. The minimum atomic E-state index is -0.134. The smallest absolute Gasteiger partial charge is 0.322 e. The van der Waals surface area contributed by atoms with Crippen molar-refractivity contribution in [1.29, 1.82) is 0 Å². The predicted molar refractivity (Wildman–Crippen MR) is 83.2 cm³/mol. The highest BCUT2D eigenvalue weighted by molar-refractivity contribution is 6.32. The van der Waals surface area contributed by atoms with Crippen LogP contribution in [0.25, 0.3) is 0 Å². The van der Waals surface area contributed by atoms with Gasteiger partial charge in [-0.15, -0.1) is 0 Å². The van der Waals surface area contributed by atoms with Crippen LogP contribution >= 0.6 is 11.6 Å². The summed E-state index contributed by atoms with van der Waals surface area (Å²) in [7, 11) is 0. The molecule has 0 spiro atoms. The van der Waals surface area contributed by atoms with E-state index in [-0.39, 0.29) is 6.03 Å². The van der Waals surface area contributed by atoms with E-state index in [4.69, 9.17) is 21.1 Å². The molecule has 116 valence electrons. The monoisotopic (exact) mass is 312 g/mol. The van der Waals surface area contributed by atoms with E-state index in [1.165, 1.54) is 0 Å². The van der Waals surface area contributed by atoms with Crippen molar-refractivity contribution in [3.05, 3.63) is 23.2 Å². The highest BCUT2D eigenvalue weighted by atomic mass is 35.5. The van der Waals surface area contributed by atoms with Crippen molar-refractivity contribution in [3.8, 4) is 5.75 Å². The lowest BCUT2D eigenvalue weighted by Crippen LogP contribution is -2.43. The van der Waals surface area contributed by atoms with Crippen LogP contribution in [-0.4, -0.2) is 43.8 Å². The van der Waals surface area contributed by atoms with E-state index in [0.717, 1.165) is 0 Å². The molecule has 1 N–H and O–H groups in total. The summed E-state index contributed by atoms with van der Waals surface area (Å²) in [5.41, 5.74) is 0.661. The number of hydrogen-bond acceptors (Lipinski definition) is 3. The van der Waals surface area contributed by atoms with Crippen LogP contribution in [0.5, 0.6) is 5.75 Å². The van der Waals surface area contributed by atoms with Gasteiger partial charge in [0.25, 0.3) is 0 Å². The third-order valence-electron chi connectivity index (χ3n) is 3.05. The van der Waals surface area contributed by atoms with E-state index < -0.39 is 0 Å². The Morgan fingerprint density at radius 2 is 2.14 bits per heavy atom. The molecule has 6 heteroatoms. The summed E-state index contributed by atoms with van der Waals surface area (Å²) in [4.78, 5) is 13.8. The number of carbonyl (C=O) groups excluding carboxylic acids is 1. The zero-order valence-corrected chi connectivity index (χ0v) is 13.2. The number of ether oxygens (including phenoxy) is 2. The second-order valence-corrected chi connectivity index (χ2v) is 5.79. The number of nitrogens with one attached hydrogen (secondary N) is 1. The largest absolute Gasteiger partial charge is 0.492 e. The number of benzene rings is 1. The first-order valence-corrected chi connectivity index (χ1v) is 7.50. The van der Waals surface area contributed by atoms with Crippen LogP contribution in [-0.2, 0) is 4.74 Å². The maximum absolute atomic E-state index is 12.1. The summed E-state index contributed by atoms with van der Waals surface area (Å²) < 4.78 is 10.8. The summed E-state index contributed by atoms with van der Waals surface area (Å²) in [5.74, 6) is 1.07. The van der Waals surface area contributed by atoms with Gasteiger partial charge in [0.2, 0.25) is 0 Å². The molecule has 1 heterocycles. The first kappa shape index (κ1) is 15.9. The third-order valence-corrected chi connectivity index (χ3v) is 3.35. The molecular formula is C15H21ClN2O3. The maximum atomic E-state index is 12.1. The zero-order valence-electron chi connectivity index (χ0n) is 12.4. The van der Waals surface area contributed by atoms with Crippen molar-refractivity contribution in [3.63, 3.8) is 0 Å². The molecule has 2 amide bonds. The summed E-state index contributed by atoms with van der Waals surface area (Å²) in [6, 6.07) is 5.14. The number of carbonyl (C=O) groups is 1. The van der Waals surface area contributed by atoms with E-state index >= 15 is 0 Å². The van der Waals surface area contributed by atoms with E-state index in [2.05, 4.69) is 19.2 Å². The van der Waals surface area contributed by atoms with Gasteiger partial charge in [-0.2, -0.15) is 0 Å². The average molecular weight is 313 g/mol. The van der Waals surface area contributed by atoms with Gasteiger partial charge >= 0.3 is 6.03 Å². The first-order chi connectivity index (χ1) is 10.1. The van der Waals surface area contributed by atoms with Crippen LogP contribution in [0.3, 0.4) is 0 Å². The summed E-state index contributed by atoms with van der Waals surface area (Å²) in [6.07, 6.45) is 0. The molecule has 0 unspecified atom stereocenters. The second-order valence-electron chi connectivity index (χ2n) is 5.38. The van der Waals surface area contributed by atoms with E-state index in [9.17, 15) is 4.79 Å². The average Bonchev–Trinajstić information content (AvgIpc) is 2.47. The SMILES string of the molecule is CC(C)COc1ccc(NC(=O)N2CCOCC2)cc1Cl. The molecule has 2 rings (SSSR count). The summed E-state index contributed by atoms with van der Waals surface area (Å²) in [6.45, 7) is 7.13. The number of nitrogens with zero attached hydrogens (tertiary/aromatic N) is 1. The van der Waals surface area contributed by atoms with Crippen molar-refractivity contribution in [2.24, 2.45) is 5.92 Å². The van der Waals surface area contributed by atoms with E-state index in [1.54, 1.807) is 23.1 Å². The Kier molecular flexibility index (Phi) is 5.70. The van der Waals surface area contributed by atoms with Gasteiger partial charge in [-0.05, 0) is 24.1 Å². The molecule has 0 saturated carbocycles. The van der Waals surface area contributed by atoms with Gasteiger partial charge < -0.3 is 19.7 Å². The Balaban J connectivity index is 1.94. The van der Waals surface area contributed by atoms with Crippen LogP contribution in [0, 0.1) is 5.92 Å². The van der Waals surface area contributed by atoms with Gasteiger partial charge in [0.15, 0.2) is 0 Å². The molecule has 1 aliphatic rings. The lowest BCUT2D eigenvalue weighted by molar-refractivity contribution is 0.0564. The van der Waals surface area contributed by atoms with Gasteiger partial charge in [-0.3, -0.25) is 0 Å². The number of hydrogen-bond donors (Lipinski definition) is 1. The molecule has 1 fully saturated rings. The molecule has 0 radical (unpaired) electrons. The quantitative estimate of drug-likeness (QED) is 0.928. The fourth-order valence-electron chi connectivity index (χ4n) is 1.92. The van der Waals surface area contributed by atoms with Crippen LogP contribution in [0.1, 0.15) is 13.8 Å². The lowest BCUT2D eigenvalue weighted by Gasteiger charge is -2.27. The van der Waals surface area contributed by atoms with Crippen LogP contribution in [0.2, 0.25) is 5.02 Å². The second kappa shape index (κ2) is 7.52. The Bertz CT molecular complexity index is 488. The maximum Gasteiger partial charge on any atom is 0.322 e. The number of urea groups is 1. The molecule has 0 aliphatic carbocycles. The minimum absolute atomic E-state index is 0.134. The number of rotatable bonds is 4. The first-order valence-electron chi connectivity index (χ1n) is 7.12. The molecule has 0 atom stereocenters. The fourth-order valence-corrected chi connectivity index (χ4v) is 2.16. The molecule has 1 aliphatic heterocycles. The van der Waals surface area contributed by atoms with Crippen LogP contribution in [0.15, 0.2) is 18.2 Å². The minimum Gasteiger partial charge on any atom is -0.492 e. The lowest BCUT2D eigenvalue weighted by atomic mass is 10.2. The van der Waals surface area contributed by atoms with Crippen molar-refractivity contribution in [1.82, 2.24) is 4.90 Å². The Labute approximate surface area is 130 Å². The van der Waals surface area contributed by atoms with Gasteiger partial charge in [0.05, 0.1) is 24.8 Å². The van der Waals surface area contributed by atoms with Gasteiger partial charge in [-0.1, -0.05) is 25.4 Å². The zero-order chi connectivity index (χ0) is 15.2. The van der Waals surface area contributed by atoms with Gasteiger partial charge in [0, 0.05) is 18.8 Å². The number of amides is 2. The van der Waals surface area contributed by atoms with Crippen LogP contribution in [0.4, 0.5) is 10.5 Å². The highest BCUT2D eigenvalue weighted by Gasteiger charge is 2.17. The number of halogens is 1. The molecule has 21 heavy (non-hydrogen) atoms. The topological polar surface area (TPSA) is 50.8 Å². The van der Waals surface area contributed by atoms with Crippen molar-refractivity contribution in [2.45, 2.75) is 13.8 Å². The standard InChI is InChI=1S/C15H21ClN2O3/c1-11(2)10-21-14-4-3-12(9-13(14)16)17-15(19)18-5-7-20-8-6-18/h3-4,9,11H,5-8,10H2,1-2H3,(H,17,19). The molecular weight excluding hydrogens is 292 g/mol. The fraction of sp³-hybridized carbons (Fsp3) is 0.533. The molecule has 1 saturated heterocycles. The van der Waals surface area contributed by atoms with Crippen LogP contribution < -0.4 is 10.1 Å². The van der Waals surface area contributed by atoms with E-state index in [0.29, 0.717) is 55.3 Å². The molecule has 1 aromatic carbocycles. The van der Waals surface area contributed by atoms with Crippen molar-refractivity contribution >= 4 is 23.3 Å². The van der Waals surface area contributed by atoms with Crippen molar-refractivity contribution in [2.75, 3.05) is 38.2 Å². The van der Waals surface area contributed by atoms with Gasteiger partial charge in [-0.25, -0.2) is 4.79 Å². The molecule has 0 bridgehead atoms. The Morgan fingerprint density at radius 1 is 1.43 bits per heavy atom. The molecule has 0 aromatic heterocycles. The number of morpholine rings is 1. The molecule has 1 aromatic rings. The normalized spacial score (nSPS) is 15.1. The third kappa shape index (κ3) is 4.79. The Hall–Kier alpha value is -1.46. The molecule has 5 nitrogen and oxygen atoms in total. The van der Waals surface area contributed by atoms with Gasteiger partial charge in [0.1, 0.15) is 5.75 Å². The predicted octanol–water partition coefficient (Wildman–Crippen LogP) is 3.24. The van der Waals surface area contributed by atoms with Crippen molar-refractivity contribution < 1.29 is 14.3 Å². The Morgan fingerprint density at radius 3 is 2.76 bits per heavy atom. The number of anilines is 1.